The third kappa shape index (κ3) is 6.31. The molecule has 0 bridgehead atoms. The van der Waals surface area contributed by atoms with Gasteiger partial charge in [0.2, 0.25) is 0 Å². The molecule has 4 heteroatoms. The molecule has 0 unspecified atom stereocenters. The molecule has 0 radical (unpaired) electrons. The number of oxazole rings is 1. The van der Waals surface area contributed by atoms with Gasteiger partial charge in [0, 0.05) is 6.54 Å². The zero-order chi connectivity index (χ0) is 12.7. The van der Waals surface area contributed by atoms with Gasteiger partial charge in [0.05, 0.1) is 12.3 Å². The third-order valence-electron chi connectivity index (χ3n) is 2.34. The lowest BCUT2D eigenvalue weighted by atomic mass is 9.93. The fraction of sp³-hybridized carbons (Fsp3) is 0.769. The Kier molecular flexibility index (Phi) is 5.48. The summed E-state index contributed by atoms with van der Waals surface area (Å²) in [4.78, 5) is 4.25. The van der Waals surface area contributed by atoms with E-state index in [9.17, 15) is 0 Å². The van der Waals surface area contributed by atoms with Crippen LogP contribution in [0.5, 0.6) is 6.08 Å². The molecule has 0 aliphatic heterocycles. The molecule has 1 heterocycles. The number of hydrogen-bond acceptors (Lipinski definition) is 4. The summed E-state index contributed by atoms with van der Waals surface area (Å²) in [5, 5.41) is 3.27. The second kappa shape index (κ2) is 6.64. The van der Waals surface area contributed by atoms with E-state index in [0.717, 1.165) is 31.6 Å². The lowest BCUT2D eigenvalue weighted by Crippen LogP contribution is -2.14. The van der Waals surface area contributed by atoms with Gasteiger partial charge in [-0.1, -0.05) is 27.7 Å². The molecular formula is C13H24N2O2. The van der Waals surface area contributed by atoms with Gasteiger partial charge in [0.1, 0.15) is 6.26 Å². The quantitative estimate of drug-likeness (QED) is 0.744. The van der Waals surface area contributed by atoms with Crippen LogP contribution in [0.3, 0.4) is 0 Å². The summed E-state index contributed by atoms with van der Waals surface area (Å²) in [5.41, 5.74) is 1.17. The third-order valence-corrected chi connectivity index (χ3v) is 2.34. The maximum Gasteiger partial charge on any atom is 0.393 e. The SMILES string of the molecule is CCCNCc1coc(OCCC(C)(C)C)n1. The Hall–Kier alpha value is -1.03. The highest BCUT2D eigenvalue weighted by Crippen LogP contribution is 2.19. The number of nitrogens with one attached hydrogen (secondary N) is 1. The zero-order valence-electron chi connectivity index (χ0n) is 11.4. The molecule has 0 spiro atoms. The summed E-state index contributed by atoms with van der Waals surface area (Å²) in [6, 6.07) is 0. The van der Waals surface area contributed by atoms with Crippen molar-refractivity contribution >= 4 is 0 Å². The highest BCUT2D eigenvalue weighted by Gasteiger charge is 2.11. The smallest absolute Gasteiger partial charge is 0.393 e. The van der Waals surface area contributed by atoms with E-state index in [1.165, 1.54) is 0 Å². The molecule has 17 heavy (non-hydrogen) atoms. The van der Waals surface area contributed by atoms with Crippen LogP contribution in [0.15, 0.2) is 10.7 Å². The van der Waals surface area contributed by atoms with E-state index < -0.39 is 0 Å². The second-order valence-electron chi connectivity index (χ2n) is 5.44. The molecule has 0 fully saturated rings. The highest BCUT2D eigenvalue weighted by atomic mass is 16.6. The van der Waals surface area contributed by atoms with Crippen molar-refractivity contribution in [1.29, 1.82) is 0 Å². The average molecular weight is 240 g/mol. The predicted octanol–water partition coefficient (Wildman–Crippen LogP) is 2.99. The van der Waals surface area contributed by atoms with Crippen LogP contribution >= 0.6 is 0 Å². The van der Waals surface area contributed by atoms with Gasteiger partial charge in [0.15, 0.2) is 0 Å². The molecule has 0 saturated heterocycles. The first-order valence-electron chi connectivity index (χ1n) is 6.29. The summed E-state index contributed by atoms with van der Waals surface area (Å²) < 4.78 is 10.7. The van der Waals surface area contributed by atoms with Crippen LogP contribution in [0.1, 0.15) is 46.2 Å². The van der Waals surface area contributed by atoms with Crippen molar-refractivity contribution < 1.29 is 9.15 Å². The summed E-state index contributed by atoms with van der Waals surface area (Å²) in [6.07, 6.45) is 4.13. The first-order chi connectivity index (χ1) is 8.01. The predicted molar refractivity (Wildman–Crippen MR) is 68.1 cm³/mol. The summed E-state index contributed by atoms with van der Waals surface area (Å²) in [6.45, 7) is 11.1. The van der Waals surface area contributed by atoms with Crippen molar-refractivity contribution in [2.45, 2.75) is 47.1 Å². The zero-order valence-corrected chi connectivity index (χ0v) is 11.4. The Labute approximate surface area is 104 Å². The van der Waals surface area contributed by atoms with Crippen LogP contribution in [-0.4, -0.2) is 18.1 Å². The maximum absolute atomic E-state index is 5.46. The fourth-order valence-electron chi connectivity index (χ4n) is 1.27. The van der Waals surface area contributed by atoms with Gasteiger partial charge < -0.3 is 14.5 Å². The van der Waals surface area contributed by atoms with E-state index in [1.54, 1.807) is 6.26 Å². The van der Waals surface area contributed by atoms with E-state index in [2.05, 4.69) is 38.0 Å². The van der Waals surface area contributed by atoms with E-state index >= 15 is 0 Å². The standard InChI is InChI=1S/C13H24N2O2/c1-5-7-14-9-11-10-17-12(15-11)16-8-6-13(2,3)4/h10,14H,5-9H2,1-4H3. The lowest BCUT2D eigenvalue weighted by Gasteiger charge is -2.16. The Morgan fingerprint density at radius 1 is 1.41 bits per heavy atom. The normalized spacial score (nSPS) is 11.8. The first-order valence-corrected chi connectivity index (χ1v) is 6.29. The number of nitrogens with zero attached hydrogens (tertiary/aromatic N) is 1. The minimum absolute atomic E-state index is 0.276. The van der Waals surface area contributed by atoms with E-state index in [-0.39, 0.29) is 5.41 Å². The second-order valence-corrected chi connectivity index (χ2v) is 5.44. The molecule has 1 N–H and O–H groups in total. The summed E-state index contributed by atoms with van der Waals surface area (Å²) in [5.74, 6) is 0. The number of rotatable bonds is 7. The van der Waals surface area contributed by atoms with Crippen LogP contribution < -0.4 is 10.1 Å². The Morgan fingerprint density at radius 2 is 2.18 bits per heavy atom. The van der Waals surface area contributed by atoms with Gasteiger partial charge in [-0.15, -0.1) is 0 Å². The van der Waals surface area contributed by atoms with Crippen molar-refractivity contribution in [1.82, 2.24) is 10.3 Å². The van der Waals surface area contributed by atoms with Crippen molar-refractivity contribution in [3.63, 3.8) is 0 Å². The maximum atomic E-state index is 5.46. The molecule has 0 aromatic carbocycles. The van der Waals surface area contributed by atoms with Crippen LogP contribution in [-0.2, 0) is 6.54 Å². The topological polar surface area (TPSA) is 47.3 Å². The van der Waals surface area contributed by atoms with E-state index in [0.29, 0.717) is 12.7 Å². The van der Waals surface area contributed by atoms with Gasteiger partial charge >= 0.3 is 6.08 Å². The largest absolute Gasteiger partial charge is 0.450 e. The molecule has 0 saturated carbocycles. The Morgan fingerprint density at radius 3 is 2.82 bits per heavy atom. The molecule has 1 aromatic rings. The summed E-state index contributed by atoms with van der Waals surface area (Å²) >= 11 is 0. The van der Waals surface area contributed by atoms with Crippen LogP contribution in [0, 0.1) is 5.41 Å². The molecule has 0 amide bonds. The van der Waals surface area contributed by atoms with Gasteiger partial charge in [-0.3, -0.25) is 0 Å². The van der Waals surface area contributed by atoms with Gasteiger partial charge in [-0.25, -0.2) is 0 Å². The van der Waals surface area contributed by atoms with E-state index in [1.807, 2.05) is 0 Å². The summed E-state index contributed by atoms with van der Waals surface area (Å²) in [7, 11) is 0. The molecule has 98 valence electrons. The monoisotopic (exact) mass is 240 g/mol. The van der Waals surface area contributed by atoms with Crippen LogP contribution in [0.25, 0.3) is 0 Å². The fourth-order valence-corrected chi connectivity index (χ4v) is 1.27. The number of ether oxygens (including phenoxy) is 1. The van der Waals surface area contributed by atoms with Crippen LogP contribution in [0.4, 0.5) is 0 Å². The minimum Gasteiger partial charge on any atom is -0.450 e. The Balaban J connectivity index is 2.26. The number of aromatic nitrogens is 1. The molecule has 1 aromatic heterocycles. The molecule has 0 aliphatic carbocycles. The van der Waals surface area contributed by atoms with Crippen molar-refractivity contribution in [2.24, 2.45) is 5.41 Å². The minimum atomic E-state index is 0.276. The molecule has 1 rings (SSSR count). The van der Waals surface area contributed by atoms with E-state index in [4.69, 9.17) is 9.15 Å². The average Bonchev–Trinajstić information content (AvgIpc) is 2.64. The van der Waals surface area contributed by atoms with Gasteiger partial charge in [0.25, 0.3) is 0 Å². The lowest BCUT2D eigenvalue weighted by molar-refractivity contribution is 0.191. The molecule has 0 aliphatic rings. The van der Waals surface area contributed by atoms with Gasteiger partial charge in [-0.05, 0) is 24.8 Å². The first kappa shape index (κ1) is 14.0. The van der Waals surface area contributed by atoms with Gasteiger partial charge in [-0.2, -0.15) is 4.98 Å². The molecule has 4 nitrogen and oxygen atoms in total. The molecular weight excluding hydrogens is 216 g/mol. The van der Waals surface area contributed by atoms with Crippen molar-refractivity contribution in [3.05, 3.63) is 12.0 Å². The van der Waals surface area contributed by atoms with Crippen molar-refractivity contribution in [3.8, 4) is 6.08 Å². The van der Waals surface area contributed by atoms with Crippen LogP contribution in [0.2, 0.25) is 0 Å². The Bertz CT molecular complexity index is 315. The highest BCUT2D eigenvalue weighted by molar-refractivity contribution is 4.99. The van der Waals surface area contributed by atoms with Crippen molar-refractivity contribution in [2.75, 3.05) is 13.2 Å². The molecule has 0 atom stereocenters. The number of hydrogen-bond donors (Lipinski definition) is 1.